The Bertz CT molecular complexity index is 986. The molecule has 1 aromatic heterocycles. The molecule has 0 radical (unpaired) electrons. The lowest BCUT2D eigenvalue weighted by Gasteiger charge is -2.34. The molecule has 1 aromatic carbocycles. The third kappa shape index (κ3) is 4.27. The van der Waals surface area contributed by atoms with Gasteiger partial charge in [0.25, 0.3) is 0 Å². The average Bonchev–Trinajstić information content (AvgIpc) is 3.22. The van der Waals surface area contributed by atoms with E-state index in [0.717, 1.165) is 43.3 Å². The molecule has 0 N–H and O–H groups in total. The van der Waals surface area contributed by atoms with Gasteiger partial charge in [-0.1, -0.05) is 19.3 Å². The summed E-state index contributed by atoms with van der Waals surface area (Å²) in [5, 5.41) is 0. The van der Waals surface area contributed by atoms with Crippen LogP contribution in [0.2, 0.25) is 0 Å². The summed E-state index contributed by atoms with van der Waals surface area (Å²) in [6.07, 6.45) is 14.3. The first-order valence-corrected chi connectivity index (χ1v) is 13.0. The number of hydrogen-bond donors (Lipinski definition) is 0. The van der Waals surface area contributed by atoms with Crippen LogP contribution in [0.3, 0.4) is 0 Å². The molecule has 2 aliphatic carbocycles. The molecule has 2 aromatic rings. The molecule has 1 amide bonds. The van der Waals surface area contributed by atoms with Crippen LogP contribution in [0.15, 0.2) is 12.1 Å². The second-order valence-corrected chi connectivity index (χ2v) is 10.4. The highest BCUT2D eigenvalue weighted by Crippen LogP contribution is 2.40. The topological polar surface area (TPSA) is 56.6 Å². The highest BCUT2D eigenvalue weighted by Gasteiger charge is 2.33. The molecule has 0 bridgehead atoms. The van der Waals surface area contributed by atoms with Gasteiger partial charge in [0.05, 0.1) is 29.9 Å². The quantitative estimate of drug-likeness (QED) is 0.553. The van der Waals surface area contributed by atoms with E-state index in [4.69, 9.17) is 14.5 Å². The van der Waals surface area contributed by atoms with Crippen molar-refractivity contribution in [2.75, 3.05) is 19.1 Å². The Morgan fingerprint density at radius 2 is 1.79 bits per heavy atom. The molecule has 3 aliphatic rings. The van der Waals surface area contributed by atoms with Crippen LogP contribution in [0.5, 0.6) is 0 Å². The largest absolute Gasteiger partial charge is 0.452 e. The van der Waals surface area contributed by atoms with Gasteiger partial charge >= 0.3 is 6.09 Å². The number of benzene rings is 1. The molecular formula is C27H39N3O3. The standard InChI is InChI=1S/C27H39N3O3/c1-18-9-14-22-23(29(18)27(31)33-3)15-16-24-26(22)28-25(30(24)20-7-5-4-6-8-20)17-19-10-12-21(32-2)13-11-19/h15-16,18-21H,4-14,17H2,1-3H3/t18-,19?,21?/m0/s1. The van der Waals surface area contributed by atoms with Gasteiger partial charge in [0.1, 0.15) is 5.82 Å². The van der Waals surface area contributed by atoms with E-state index in [2.05, 4.69) is 23.6 Å². The minimum absolute atomic E-state index is 0.137. The summed E-state index contributed by atoms with van der Waals surface area (Å²) < 4.78 is 13.3. The summed E-state index contributed by atoms with van der Waals surface area (Å²) in [4.78, 5) is 19.7. The van der Waals surface area contributed by atoms with Gasteiger partial charge < -0.3 is 14.0 Å². The van der Waals surface area contributed by atoms with Gasteiger partial charge in [-0.3, -0.25) is 4.90 Å². The van der Waals surface area contributed by atoms with Gasteiger partial charge in [-0.15, -0.1) is 0 Å². The molecule has 1 aliphatic heterocycles. The van der Waals surface area contributed by atoms with Gasteiger partial charge in [0.15, 0.2) is 0 Å². The lowest BCUT2D eigenvalue weighted by Crippen LogP contribution is -2.42. The Morgan fingerprint density at radius 1 is 1.03 bits per heavy atom. The average molecular weight is 454 g/mol. The first kappa shape index (κ1) is 22.7. The molecule has 0 unspecified atom stereocenters. The van der Waals surface area contributed by atoms with Crippen molar-refractivity contribution in [2.24, 2.45) is 5.92 Å². The van der Waals surface area contributed by atoms with Crippen molar-refractivity contribution in [1.29, 1.82) is 0 Å². The molecule has 0 spiro atoms. The molecule has 33 heavy (non-hydrogen) atoms. The van der Waals surface area contributed by atoms with Gasteiger partial charge in [-0.2, -0.15) is 0 Å². The lowest BCUT2D eigenvalue weighted by atomic mass is 9.85. The third-order valence-electron chi connectivity index (χ3n) is 8.44. The van der Waals surface area contributed by atoms with Crippen molar-refractivity contribution in [2.45, 2.75) is 102 Å². The molecular weight excluding hydrogens is 414 g/mol. The lowest BCUT2D eigenvalue weighted by molar-refractivity contribution is 0.0564. The monoisotopic (exact) mass is 453 g/mol. The van der Waals surface area contributed by atoms with Crippen molar-refractivity contribution in [3.8, 4) is 0 Å². The van der Waals surface area contributed by atoms with E-state index in [0.29, 0.717) is 18.1 Å². The second-order valence-electron chi connectivity index (χ2n) is 10.4. The Morgan fingerprint density at radius 3 is 2.48 bits per heavy atom. The number of aromatic nitrogens is 2. The van der Waals surface area contributed by atoms with Crippen molar-refractivity contribution in [3.63, 3.8) is 0 Å². The van der Waals surface area contributed by atoms with Crippen LogP contribution in [0, 0.1) is 5.92 Å². The fraction of sp³-hybridized carbons (Fsp3) is 0.704. The number of imidazole rings is 1. The number of ether oxygens (including phenoxy) is 2. The summed E-state index contributed by atoms with van der Waals surface area (Å²) in [5.41, 5.74) is 4.57. The molecule has 6 nitrogen and oxygen atoms in total. The van der Waals surface area contributed by atoms with E-state index in [1.165, 1.54) is 69.0 Å². The van der Waals surface area contributed by atoms with E-state index < -0.39 is 0 Å². The zero-order valence-electron chi connectivity index (χ0n) is 20.5. The number of anilines is 1. The maximum absolute atomic E-state index is 12.6. The van der Waals surface area contributed by atoms with Crippen molar-refractivity contribution in [3.05, 3.63) is 23.5 Å². The second kappa shape index (κ2) is 9.65. The molecule has 2 heterocycles. The number of amides is 1. The number of carbonyl (C=O) groups excluding carboxylic acids is 1. The van der Waals surface area contributed by atoms with Crippen LogP contribution < -0.4 is 4.90 Å². The molecule has 0 saturated heterocycles. The minimum atomic E-state index is -0.273. The Hall–Kier alpha value is -2.08. The molecule has 180 valence electrons. The van der Waals surface area contributed by atoms with E-state index in [1.54, 1.807) is 0 Å². The third-order valence-corrected chi connectivity index (χ3v) is 8.44. The van der Waals surface area contributed by atoms with E-state index >= 15 is 0 Å². The summed E-state index contributed by atoms with van der Waals surface area (Å²) in [5.74, 6) is 1.94. The van der Waals surface area contributed by atoms with Crippen LogP contribution in [-0.4, -0.2) is 42.0 Å². The number of fused-ring (bicyclic) bond motifs is 3. The maximum Gasteiger partial charge on any atom is 0.414 e. The predicted molar refractivity (Wildman–Crippen MR) is 131 cm³/mol. The highest BCUT2D eigenvalue weighted by atomic mass is 16.5. The number of methoxy groups -OCH3 is 2. The van der Waals surface area contributed by atoms with Crippen molar-refractivity contribution < 1.29 is 14.3 Å². The first-order chi connectivity index (χ1) is 16.1. The van der Waals surface area contributed by atoms with Gasteiger partial charge in [0.2, 0.25) is 0 Å². The zero-order valence-corrected chi connectivity index (χ0v) is 20.5. The van der Waals surface area contributed by atoms with Gasteiger partial charge in [0, 0.05) is 31.2 Å². The minimum Gasteiger partial charge on any atom is -0.452 e. The number of hydrogen-bond acceptors (Lipinski definition) is 4. The fourth-order valence-electron chi connectivity index (χ4n) is 6.54. The van der Waals surface area contributed by atoms with Crippen LogP contribution in [0.25, 0.3) is 11.0 Å². The summed E-state index contributed by atoms with van der Waals surface area (Å²) >= 11 is 0. The molecule has 2 saturated carbocycles. The maximum atomic E-state index is 12.6. The molecule has 1 atom stereocenters. The van der Waals surface area contributed by atoms with Crippen molar-refractivity contribution in [1.82, 2.24) is 9.55 Å². The zero-order chi connectivity index (χ0) is 22.9. The molecule has 6 heteroatoms. The van der Waals surface area contributed by atoms with Crippen molar-refractivity contribution >= 4 is 22.8 Å². The summed E-state index contributed by atoms with van der Waals surface area (Å²) in [6.45, 7) is 2.10. The van der Waals surface area contributed by atoms with E-state index in [-0.39, 0.29) is 12.1 Å². The Balaban J connectivity index is 1.55. The predicted octanol–water partition coefficient (Wildman–Crippen LogP) is 6.20. The molecule has 2 fully saturated rings. The van der Waals surface area contributed by atoms with Gasteiger partial charge in [-0.25, -0.2) is 9.78 Å². The van der Waals surface area contributed by atoms with E-state index in [9.17, 15) is 4.79 Å². The first-order valence-electron chi connectivity index (χ1n) is 13.0. The summed E-state index contributed by atoms with van der Waals surface area (Å²) in [7, 11) is 3.31. The van der Waals surface area contributed by atoms with Crippen LogP contribution in [0.4, 0.5) is 10.5 Å². The fourth-order valence-corrected chi connectivity index (χ4v) is 6.54. The Kier molecular flexibility index (Phi) is 6.64. The number of aryl methyl sites for hydroxylation is 1. The summed E-state index contributed by atoms with van der Waals surface area (Å²) in [6, 6.07) is 5.04. The van der Waals surface area contributed by atoms with E-state index in [1.807, 2.05) is 12.0 Å². The van der Waals surface area contributed by atoms with Gasteiger partial charge in [-0.05, 0) is 76.3 Å². The van der Waals surface area contributed by atoms with Crippen LogP contribution in [0.1, 0.15) is 88.6 Å². The highest BCUT2D eigenvalue weighted by molar-refractivity contribution is 5.95. The number of nitrogens with zero attached hydrogens (tertiary/aromatic N) is 3. The smallest absolute Gasteiger partial charge is 0.414 e. The number of rotatable bonds is 4. The Labute approximate surface area is 197 Å². The normalized spacial score (nSPS) is 26.4. The number of carbonyl (C=O) groups is 1. The molecule has 5 rings (SSSR count). The SMILES string of the molecule is COC(=O)N1c2ccc3c(nc(CC4CCC(OC)CC4)n3C3CCCCC3)c2CC[C@@H]1C. The van der Waals surface area contributed by atoms with Crippen LogP contribution >= 0.6 is 0 Å². The van der Waals surface area contributed by atoms with Crippen LogP contribution in [-0.2, 0) is 22.3 Å².